The number of hydrogen-bond donors (Lipinski definition) is 2. The Labute approximate surface area is 139 Å². The molecule has 0 bridgehead atoms. The van der Waals surface area contributed by atoms with Gasteiger partial charge in [0.1, 0.15) is 10.8 Å². The zero-order valence-corrected chi connectivity index (χ0v) is 13.7. The smallest absolute Gasteiger partial charge is 0.226 e. The fourth-order valence-corrected chi connectivity index (χ4v) is 3.54. The van der Waals surface area contributed by atoms with E-state index in [0.717, 1.165) is 35.8 Å². The summed E-state index contributed by atoms with van der Waals surface area (Å²) < 4.78 is 13.3. The molecule has 4 nitrogen and oxygen atoms in total. The number of carbonyl (C=O) groups excluding carboxylic acids is 1. The van der Waals surface area contributed by atoms with E-state index >= 15 is 0 Å². The van der Waals surface area contributed by atoms with Gasteiger partial charge >= 0.3 is 0 Å². The van der Waals surface area contributed by atoms with E-state index in [4.69, 9.17) is 0 Å². The van der Waals surface area contributed by atoms with E-state index in [2.05, 4.69) is 15.6 Å². The maximum atomic E-state index is 13.3. The minimum atomic E-state index is -0.280. The van der Waals surface area contributed by atoms with Gasteiger partial charge in [-0.1, -0.05) is 12.1 Å². The number of hydrogen-bond acceptors (Lipinski definition) is 4. The Hall–Kier alpha value is -1.79. The van der Waals surface area contributed by atoms with Gasteiger partial charge in [0.25, 0.3) is 0 Å². The van der Waals surface area contributed by atoms with Crippen LogP contribution in [0.5, 0.6) is 0 Å². The summed E-state index contributed by atoms with van der Waals surface area (Å²) in [6.45, 7) is 2.76. The lowest BCUT2D eigenvalue weighted by Gasteiger charge is -2.22. The van der Waals surface area contributed by atoms with Gasteiger partial charge in [0.05, 0.1) is 12.1 Å². The molecule has 1 atom stereocenters. The number of aromatic nitrogens is 1. The average Bonchev–Trinajstić information content (AvgIpc) is 3.02. The molecule has 2 aromatic rings. The normalized spacial score (nSPS) is 17.9. The Morgan fingerprint density at radius 3 is 3.17 bits per heavy atom. The van der Waals surface area contributed by atoms with Crippen molar-refractivity contribution >= 4 is 17.2 Å². The monoisotopic (exact) mass is 333 g/mol. The van der Waals surface area contributed by atoms with Crippen molar-refractivity contribution in [2.45, 2.75) is 19.3 Å². The molecule has 1 aliphatic heterocycles. The Morgan fingerprint density at radius 1 is 1.48 bits per heavy atom. The highest BCUT2D eigenvalue weighted by atomic mass is 32.1. The van der Waals surface area contributed by atoms with E-state index in [9.17, 15) is 9.18 Å². The van der Waals surface area contributed by atoms with Gasteiger partial charge in [-0.2, -0.15) is 0 Å². The lowest BCUT2D eigenvalue weighted by atomic mass is 10.00. The van der Waals surface area contributed by atoms with Gasteiger partial charge < -0.3 is 10.6 Å². The van der Waals surface area contributed by atoms with E-state index < -0.39 is 0 Å². The first-order chi connectivity index (χ1) is 11.2. The van der Waals surface area contributed by atoms with Gasteiger partial charge in [-0.3, -0.25) is 4.79 Å². The van der Waals surface area contributed by atoms with E-state index in [0.29, 0.717) is 12.5 Å². The molecular formula is C17H20FN3OS. The van der Waals surface area contributed by atoms with Crippen LogP contribution in [0.15, 0.2) is 29.6 Å². The molecule has 2 heterocycles. The van der Waals surface area contributed by atoms with Crippen LogP contribution in [0, 0.1) is 11.7 Å². The third kappa shape index (κ3) is 4.59. The number of thiazole rings is 1. The van der Waals surface area contributed by atoms with Crippen LogP contribution in [0.2, 0.25) is 0 Å². The van der Waals surface area contributed by atoms with Crippen LogP contribution in [-0.2, 0) is 11.2 Å². The predicted octanol–water partition coefficient (Wildman–Crippen LogP) is 2.61. The fourth-order valence-electron chi connectivity index (χ4n) is 2.73. The summed E-state index contributed by atoms with van der Waals surface area (Å²) in [7, 11) is 0. The second-order valence-corrected chi connectivity index (χ2v) is 6.71. The van der Waals surface area contributed by atoms with Gasteiger partial charge in [-0.25, -0.2) is 9.37 Å². The van der Waals surface area contributed by atoms with Gasteiger partial charge in [-0.15, -0.1) is 11.3 Å². The molecule has 1 aromatic carbocycles. The van der Waals surface area contributed by atoms with E-state index in [1.165, 1.54) is 29.9 Å². The van der Waals surface area contributed by atoms with Crippen molar-refractivity contribution in [3.05, 3.63) is 41.2 Å². The summed E-state index contributed by atoms with van der Waals surface area (Å²) >= 11 is 1.43. The van der Waals surface area contributed by atoms with E-state index in [-0.39, 0.29) is 18.1 Å². The van der Waals surface area contributed by atoms with Crippen LogP contribution in [-0.4, -0.2) is 30.5 Å². The lowest BCUT2D eigenvalue weighted by molar-refractivity contribution is -0.120. The minimum Gasteiger partial charge on any atom is -0.355 e. The molecule has 1 aromatic heterocycles. The first-order valence-electron chi connectivity index (χ1n) is 7.88. The maximum absolute atomic E-state index is 13.3. The zero-order valence-electron chi connectivity index (χ0n) is 12.8. The van der Waals surface area contributed by atoms with Crippen LogP contribution >= 0.6 is 11.3 Å². The van der Waals surface area contributed by atoms with Crippen LogP contribution < -0.4 is 10.6 Å². The molecule has 1 saturated heterocycles. The van der Waals surface area contributed by atoms with Crippen molar-refractivity contribution < 1.29 is 9.18 Å². The van der Waals surface area contributed by atoms with Crippen LogP contribution in [0.3, 0.4) is 0 Å². The molecular weight excluding hydrogens is 313 g/mol. The van der Waals surface area contributed by atoms with Crippen molar-refractivity contribution in [1.82, 2.24) is 15.6 Å². The predicted molar refractivity (Wildman–Crippen MR) is 89.8 cm³/mol. The molecule has 1 fully saturated rings. The Kier molecular flexibility index (Phi) is 5.35. The molecule has 0 aliphatic carbocycles. The van der Waals surface area contributed by atoms with Crippen molar-refractivity contribution in [1.29, 1.82) is 0 Å². The summed E-state index contributed by atoms with van der Waals surface area (Å²) in [6, 6.07) is 6.35. The van der Waals surface area contributed by atoms with Gasteiger partial charge in [0, 0.05) is 17.5 Å². The lowest BCUT2D eigenvalue weighted by Crippen LogP contribution is -2.38. The molecule has 3 rings (SSSR count). The number of halogens is 1. The molecule has 1 amide bonds. The standard InChI is InChI=1S/C17H20FN3OS/c18-14-5-1-4-13(7-14)17-21-15(11-23-17)8-16(22)20-10-12-3-2-6-19-9-12/h1,4-5,7,11-12,19H,2-3,6,8-10H2,(H,20,22). The van der Waals surface area contributed by atoms with E-state index in [1.807, 2.05) is 11.4 Å². The first kappa shape index (κ1) is 16.1. The van der Waals surface area contributed by atoms with Gasteiger partial charge in [0.15, 0.2) is 0 Å². The minimum absolute atomic E-state index is 0.00772. The fraction of sp³-hybridized carbons (Fsp3) is 0.412. The third-order valence-corrected chi connectivity index (χ3v) is 4.89. The number of amides is 1. The Balaban J connectivity index is 1.53. The maximum Gasteiger partial charge on any atom is 0.226 e. The molecule has 0 radical (unpaired) electrons. The van der Waals surface area contributed by atoms with Crippen LogP contribution in [0.25, 0.3) is 10.6 Å². The number of carbonyl (C=O) groups is 1. The molecule has 6 heteroatoms. The topological polar surface area (TPSA) is 54.0 Å². The zero-order chi connectivity index (χ0) is 16.1. The van der Waals surface area contributed by atoms with Crippen molar-refractivity contribution in [3.63, 3.8) is 0 Å². The SMILES string of the molecule is O=C(Cc1csc(-c2cccc(F)c2)n1)NCC1CCCNC1. The Morgan fingerprint density at radius 2 is 2.39 bits per heavy atom. The number of nitrogens with one attached hydrogen (secondary N) is 2. The molecule has 23 heavy (non-hydrogen) atoms. The summed E-state index contributed by atoms with van der Waals surface area (Å²) in [4.78, 5) is 16.5. The highest BCUT2D eigenvalue weighted by Gasteiger charge is 2.15. The largest absolute Gasteiger partial charge is 0.355 e. The Bertz CT molecular complexity index is 667. The number of rotatable bonds is 5. The summed E-state index contributed by atoms with van der Waals surface area (Å²) in [5.74, 6) is 0.232. The molecule has 1 aliphatic rings. The molecule has 2 N–H and O–H groups in total. The molecule has 0 spiro atoms. The molecule has 122 valence electrons. The highest BCUT2D eigenvalue weighted by molar-refractivity contribution is 7.13. The van der Waals surface area contributed by atoms with Gasteiger partial charge in [-0.05, 0) is 44.0 Å². The second-order valence-electron chi connectivity index (χ2n) is 5.85. The van der Waals surface area contributed by atoms with Crippen LogP contribution in [0.4, 0.5) is 4.39 Å². The second kappa shape index (κ2) is 7.66. The average molecular weight is 333 g/mol. The highest BCUT2D eigenvalue weighted by Crippen LogP contribution is 2.24. The third-order valence-electron chi connectivity index (χ3n) is 3.95. The van der Waals surface area contributed by atoms with E-state index in [1.54, 1.807) is 6.07 Å². The summed E-state index contributed by atoms with van der Waals surface area (Å²) in [5, 5.41) is 8.93. The van der Waals surface area contributed by atoms with Crippen molar-refractivity contribution in [2.24, 2.45) is 5.92 Å². The van der Waals surface area contributed by atoms with Gasteiger partial charge in [0.2, 0.25) is 5.91 Å². The number of piperidine rings is 1. The quantitative estimate of drug-likeness (QED) is 0.884. The number of nitrogens with zero attached hydrogens (tertiary/aromatic N) is 1. The first-order valence-corrected chi connectivity index (χ1v) is 8.76. The van der Waals surface area contributed by atoms with Crippen molar-refractivity contribution in [3.8, 4) is 10.6 Å². The summed E-state index contributed by atoms with van der Waals surface area (Å²) in [5.41, 5.74) is 1.48. The van der Waals surface area contributed by atoms with Crippen molar-refractivity contribution in [2.75, 3.05) is 19.6 Å². The molecule has 0 saturated carbocycles. The number of benzene rings is 1. The molecule has 1 unspecified atom stereocenters. The van der Waals surface area contributed by atoms with Crippen LogP contribution in [0.1, 0.15) is 18.5 Å². The summed E-state index contributed by atoms with van der Waals surface area (Å²) in [6.07, 6.45) is 2.60.